The number of nitrogens with zero attached hydrogens (tertiary/aromatic N) is 1. The van der Waals surface area contributed by atoms with Crippen LogP contribution in [0.5, 0.6) is 5.75 Å². The van der Waals surface area contributed by atoms with Crippen LogP contribution in [0.25, 0.3) is 0 Å². The first-order valence-corrected chi connectivity index (χ1v) is 5.64. The number of rotatable bonds is 1. The summed E-state index contributed by atoms with van der Waals surface area (Å²) >= 11 is 0. The fraction of sp³-hybridized carbons (Fsp3) is 0.462. The second-order valence-corrected chi connectivity index (χ2v) is 5.04. The second-order valence-electron chi connectivity index (χ2n) is 5.04. The Labute approximate surface area is 94.7 Å². The number of carbonyl (C=O) groups is 1. The van der Waals surface area contributed by atoms with Gasteiger partial charge in [0.2, 0.25) is 0 Å². The zero-order valence-electron chi connectivity index (χ0n) is 9.31. The molecule has 1 saturated carbocycles. The molecule has 3 rings (SSSR count). The van der Waals surface area contributed by atoms with Gasteiger partial charge >= 0.3 is 0 Å². The van der Waals surface area contributed by atoms with E-state index in [2.05, 4.69) is 11.9 Å². The van der Waals surface area contributed by atoms with Crippen LogP contribution in [0.4, 0.5) is 0 Å². The van der Waals surface area contributed by atoms with Gasteiger partial charge in [0.1, 0.15) is 11.5 Å². The number of phenolic OH excluding ortho intramolecular Hbond substituents is 1. The molecule has 0 radical (unpaired) electrons. The van der Waals surface area contributed by atoms with Gasteiger partial charge in [-0.05, 0) is 30.7 Å². The number of phenols is 1. The maximum Gasteiger partial charge on any atom is 0.145 e. The molecule has 84 valence electrons. The summed E-state index contributed by atoms with van der Waals surface area (Å²) in [6.45, 7) is 1.78. The third-order valence-electron chi connectivity index (χ3n) is 4.04. The Morgan fingerprint density at radius 2 is 2.31 bits per heavy atom. The van der Waals surface area contributed by atoms with Crippen molar-refractivity contribution in [3.63, 3.8) is 0 Å². The van der Waals surface area contributed by atoms with Gasteiger partial charge in [0.15, 0.2) is 0 Å². The average Bonchev–Trinajstić information content (AvgIpc) is 2.51. The molecule has 1 saturated heterocycles. The van der Waals surface area contributed by atoms with Crippen LogP contribution in [0.15, 0.2) is 24.3 Å². The molecule has 2 unspecified atom stereocenters. The van der Waals surface area contributed by atoms with Crippen LogP contribution in [-0.4, -0.2) is 35.9 Å². The number of hydrogen-bond donors (Lipinski definition) is 1. The van der Waals surface area contributed by atoms with Crippen molar-refractivity contribution in [2.75, 3.05) is 20.1 Å². The van der Waals surface area contributed by atoms with E-state index in [1.807, 2.05) is 12.1 Å². The topological polar surface area (TPSA) is 40.5 Å². The zero-order chi connectivity index (χ0) is 11.3. The lowest BCUT2D eigenvalue weighted by molar-refractivity contribution is -0.134. The van der Waals surface area contributed by atoms with Gasteiger partial charge in [0.05, 0.1) is 5.41 Å². The molecular weight excluding hydrogens is 202 g/mol. The van der Waals surface area contributed by atoms with Crippen molar-refractivity contribution >= 4 is 5.78 Å². The molecular formula is C13H15NO2. The molecule has 1 aliphatic carbocycles. The highest BCUT2D eigenvalue weighted by Crippen LogP contribution is 2.50. The predicted molar refractivity (Wildman–Crippen MR) is 60.4 cm³/mol. The Balaban J connectivity index is 2.07. The van der Waals surface area contributed by atoms with Gasteiger partial charge < -0.3 is 10.0 Å². The molecule has 3 nitrogen and oxygen atoms in total. The van der Waals surface area contributed by atoms with Crippen molar-refractivity contribution in [3.8, 4) is 5.75 Å². The lowest BCUT2D eigenvalue weighted by Crippen LogP contribution is -2.53. The molecule has 2 aliphatic rings. The minimum absolute atomic E-state index is 0.250. The Bertz CT molecular complexity index is 457. The molecule has 1 aromatic carbocycles. The summed E-state index contributed by atoms with van der Waals surface area (Å²) in [4.78, 5) is 14.2. The van der Waals surface area contributed by atoms with Gasteiger partial charge in [-0.3, -0.25) is 4.79 Å². The summed E-state index contributed by atoms with van der Waals surface area (Å²) in [7, 11) is 2.05. The second kappa shape index (κ2) is 3.08. The molecule has 1 aliphatic heterocycles. The number of likely N-dealkylation sites (N-methyl/N-ethyl adjacent to an activating group) is 1. The molecule has 1 aromatic rings. The van der Waals surface area contributed by atoms with E-state index < -0.39 is 0 Å². The van der Waals surface area contributed by atoms with E-state index >= 15 is 0 Å². The molecule has 0 aromatic heterocycles. The van der Waals surface area contributed by atoms with E-state index in [9.17, 15) is 9.90 Å². The van der Waals surface area contributed by atoms with Gasteiger partial charge in [0.25, 0.3) is 0 Å². The Morgan fingerprint density at radius 3 is 2.94 bits per heavy atom. The molecule has 16 heavy (non-hydrogen) atoms. The Kier molecular flexibility index (Phi) is 1.89. The summed E-state index contributed by atoms with van der Waals surface area (Å²) < 4.78 is 0. The lowest BCUT2D eigenvalue weighted by atomic mass is 9.57. The first-order chi connectivity index (χ1) is 7.63. The first kappa shape index (κ1) is 9.85. The van der Waals surface area contributed by atoms with E-state index in [0.29, 0.717) is 18.1 Å². The van der Waals surface area contributed by atoms with Crippen LogP contribution in [0.3, 0.4) is 0 Å². The van der Waals surface area contributed by atoms with Crippen molar-refractivity contribution < 1.29 is 9.90 Å². The molecule has 2 atom stereocenters. The summed E-state index contributed by atoms with van der Waals surface area (Å²) in [5.41, 5.74) is 0.658. The monoisotopic (exact) mass is 217 g/mol. The number of aromatic hydroxyl groups is 1. The number of fused-ring (bicyclic) bond motifs is 1. The molecule has 0 bridgehead atoms. The smallest absolute Gasteiger partial charge is 0.145 e. The van der Waals surface area contributed by atoms with Crippen molar-refractivity contribution in [1.82, 2.24) is 4.90 Å². The Morgan fingerprint density at radius 1 is 1.50 bits per heavy atom. The van der Waals surface area contributed by atoms with Gasteiger partial charge in [-0.25, -0.2) is 0 Å². The highest BCUT2D eigenvalue weighted by molar-refractivity contribution is 5.98. The van der Waals surface area contributed by atoms with E-state index in [4.69, 9.17) is 0 Å². The summed E-state index contributed by atoms with van der Waals surface area (Å²) in [5, 5.41) is 9.53. The van der Waals surface area contributed by atoms with Crippen molar-refractivity contribution in [2.24, 2.45) is 5.92 Å². The van der Waals surface area contributed by atoms with Gasteiger partial charge in [-0.15, -0.1) is 0 Å². The van der Waals surface area contributed by atoms with Crippen LogP contribution in [-0.2, 0) is 10.2 Å². The van der Waals surface area contributed by atoms with Crippen molar-refractivity contribution in [2.45, 2.75) is 11.8 Å². The van der Waals surface area contributed by atoms with Crippen LogP contribution in [0.1, 0.15) is 12.0 Å². The van der Waals surface area contributed by atoms with Crippen LogP contribution in [0.2, 0.25) is 0 Å². The largest absolute Gasteiger partial charge is 0.508 e. The van der Waals surface area contributed by atoms with E-state index in [1.165, 1.54) is 0 Å². The highest BCUT2D eigenvalue weighted by Gasteiger charge is 2.59. The number of benzene rings is 1. The van der Waals surface area contributed by atoms with Crippen molar-refractivity contribution in [1.29, 1.82) is 0 Å². The fourth-order valence-corrected chi connectivity index (χ4v) is 3.25. The quantitative estimate of drug-likeness (QED) is 0.767. The lowest BCUT2D eigenvalue weighted by Gasteiger charge is -2.42. The molecule has 0 spiro atoms. The minimum Gasteiger partial charge on any atom is -0.508 e. The SMILES string of the molecule is CN1CC2CC(=O)C2(c2cccc(O)c2)C1. The maximum absolute atomic E-state index is 12.0. The van der Waals surface area contributed by atoms with Gasteiger partial charge in [-0.1, -0.05) is 12.1 Å². The summed E-state index contributed by atoms with van der Waals surface area (Å²) in [6.07, 6.45) is 0.694. The van der Waals surface area contributed by atoms with Crippen LogP contribution < -0.4 is 0 Å². The van der Waals surface area contributed by atoms with Gasteiger partial charge in [0, 0.05) is 19.5 Å². The third kappa shape index (κ3) is 1.09. The molecule has 1 N–H and O–H groups in total. The van der Waals surface area contributed by atoms with E-state index in [0.717, 1.165) is 18.7 Å². The summed E-state index contributed by atoms with van der Waals surface area (Å²) in [6, 6.07) is 7.17. The molecule has 2 fully saturated rings. The maximum atomic E-state index is 12.0. The Hall–Kier alpha value is -1.35. The molecule has 0 amide bonds. The third-order valence-corrected chi connectivity index (χ3v) is 4.04. The number of Topliss-reactive ketones (excluding diaryl/α,β-unsaturated/α-hetero) is 1. The number of likely N-dealkylation sites (tertiary alicyclic amines) is 1. The number of carbonyl (C=O) groups excluding carboxylic acids is 1. The number of hydrogen-bond acceptors (Lipinski definition) is 3. The average molecular weight is 217 g/mol. The van der Waals surface area contributed by atoms with Crippen LogP contribution in [0, 0.1) is 5.92 Å². The minimum atomic E-state index is -0.326. The highest BCUT2D eigenvalue weighted by atomic mass is 16.3. The molecule has 3 heteroatoms. The molecule has 1 heterocycles. The van der Waals surface area contributed by atoms with Crippen molar-refractivity contribution in [3.05, 3.63) is 29.8 Å². The predicted octanol–water partition coefficient (Wildman–Crippen LogP) is 1.16. The van der Waals surface area contributed by atoms with Gasteiger partial charge in [-0.2, -0.15) is 0 Å². The fourth-order valence-electron chi connectivity index (χ4n) is 3.25. The first-order valence-electron chi connectivity index (χ1n) is 5.64. The standard InChI is InChI=1S/C13H15NO2/c1-14-7-10-6-12(16)13(10,8-14)9-3-2-4-11(15)5-9/h2-5,10,15H,6-8H2,1H3. The van der Waals surface area contributed by atoms with E-state index in [1.54, 1.807) is 12.1 Å². The zero-order valence-corrected chi connectivity index (χ0v) is 9.31. The van der Waals surface area contributed by atoms with Crippen LogP contribution >= 0.6 is 0 Å². The summed E-state index contributed by atoms with van der Waals surface area (Å²) in [5.74, 6) is 1.01. The number of ketones is 1. The normalized spacial score (nSPS) is 33.6. The van der Waals surface area contributed by atoms with E-state index in [-0.39, 0.29) is 11.2 Å².